The second-order valence-electron chi connectivity index (χ2n) is 3.50. The van der Waals surface area contributed by atoms with Crippen molar-refractivity contribution >= 4 is 15.9 Å². The van der Waals surface area contributed by atoms with Gasteiger partial charge >= 0.3 is 6.09 Å². The van der Waals surface area contributed by atoms with Crippen LogP contribution in [0.15, 0.2) is 52.8 Å². The number of nitrogens with zero attached hydrogens (tertiary/aromatic N) is 2. The topological polar surface area (TPSA) is 90.3 Å². The summed E-state index contributed by atoms with van der Waals surface area (Å²) in [6, 6.07) is 7.82. The van der Waals surface area contributed by atoms with Crippen LogP contribution < -0.4 is 5.43 Å². The summed E-state index contributed by atoms with van der Waals surface area (Å²) in [4.78, 5) is 15.0. The molecule has 8 heteroatoms. The van der Waals surface area contributed by atoms with Gasteiger partial charge < -0.3 is 4.74 Å². The van der Waals surface area contributed by atoms with Crippen LogP contribution in [0.4, 0.5) is 4.79 Å². The van der Waals surface area contributed by atoms with Crippen LogP contribution in [0.25, 0.3) is 0 Å². The number of amides is 1. The van der Waals surface area contributed by atoms with E-state index in [0.29, 0.717) is 0 Å². The van der Waals surface area contributed by atoms with Gasteiger partial charge in [0.25, 0.3) is 5.16 Å². The largest absolute Gasteiger partial charge is 0.452 e. The zero-order valence-electron chi connectivity index (χ0n) is 9.98. The van der Waals surface area contributed by atoms with Crippen molar-refractivity contribution in [3.63, 3.8) is 0 Å². The molecule has 0 spiro atoms. The van der Waals surface area contributed by atoms with E-state index in [4.69, 9.17) is 0 Å². The fourth-order valence-electron chi connectivity index (χ4n) is 1.42. The van der Waals surface area contributed by atoms with Gasteiger partial charge in [-0.2, -0.15) is 0 Å². The van der Waals surface area contributed by atoms with Gasteiger partial charge in [0.05, 0.1) is 12.0 Å². The Morgan fingerprint density at radius 3 is 2.63 bits per heavy atom. The second-order valence-corrected chi connectivity index (χ2v) is 5.34. The summed E-state index contributed by atoms with van der Waals surface area (Å²) in [6.07, 6.45) is 1.79. The number of rotatable bonds is 3. The van der Waals surface area contributed by atoms with E-state index in [9.17, 15) is 13.2 Å². The molecule has 0 bridgehead atoms. The van der Waals surface area contributed by atoms with Crippen molar-refractivity contribution in [3.8, 4) is 0 Å². The van der Waals surface area contributed by atoms with Crippen molar-refractivity contribution in [2.45, 2.75) is 10.1 Å². The van der Waals surface area contributed by atoms with Gasteiger partial charge in [-0.25, -0.2) is 28.3 Å². The molecule has 0 radical (unpaired) electrons. The lowest BCUT2D eigenvalue weighted by Gasteiger charge is -2.08. The molecule has 0 saturated carbocycles. The SMILES string of the molecule is COC(=O)Nn1ccnc1S(=O)(=O)c1ccccc1. The number of hydrogen-bond donors (Lipinski definition) is 1. The predicted octanol–water partition coefficient (Wildman–Crippen LogP) is 1.03. The van der Waals surface area contributed by atoms with Gasteiger partial charge in [-0.05, 0) is 12.1 Å². The Morgan fingerprint density at radius 2 is 2.00 bits per heavy atom. The summed E-state index contributed by atoms with van der Waals surface area (Å²) in [7, 11) is -2.62. The highest BCUT2D eigenvalue weighted by molar-refractivity contribution is 7.91. The number of nitrogens with one attached hydrogen (secondary N) is 1. The van der Waals surface area contributed by atoms with Crippen LogP contribution in [0, 0.1) is 0 Å². The third-order valence-corrected chi connectivity index (χ3v) is 3.97. The van der Waals surface area contributed by atoms with E-state index in [1.165, 1.54) is 31.6 Å². The number of carbonyl (C=O) groups excluding carboxylic acids is 1. The molecule has 1 N–H and O–H groups in total. The minimum atomic E-state index is -3.80. The zero-order valence-corrected chi connectivity index (χ0v) is 10.8. The lowest BCUT2D eigenvalue weighted by Crippen LogP contribution is -2.25. The van der Waals surface area contributed by atoms with Gasteiger partial charge in [-0.1, -0.05) is 18.2 Å². The molecule has 0 aliphatic heterocycles. The molecule has 1 amide bonds. The Balaban J connectivity index is 2.43. The molecule has 2 rings (SSSR count). The van der Waals surface area contributed by atoms with E-state index in [1.54, 1.807) is 18.2 Å². The average Bonchev–Trinajstić information content (AvgIpc) is 2.88. The minimum absolute atomic E-state index is 0.0918. The number of hydrogen-bond acceptors (Lipinski definition) is 5. The van der Waals surface area contributed by atoms with Crippen LogP contribution in [0.2, 0.25) is 0 Å². The molecule has 1 aromatic carbocycles. The molecule has 1 heterocycles. The maximum Gasteiger partial charge on any atom is 0.426 e. The fourth-order valence-corrected chi connectivity index (χ4v) is 2.71. The van der Waals surface area contributed by atoms with Gasteiger partial charge in [0.15, 0.2) is 0 Å². The standard InChI is InChI=1S/C11H11N3O4S/c1-18-11(15)13-14-8-7-12-10(14)19(16,17)9-5-3-2-4-6-9/h2-8H,1H3,(H,13,15). The second kappa shape index (κ2) is 5.11. The molecule has 19 heavy (non-hydrogen) atoms. The first-order chi connectivity index (χ1) is 9.05. The number of methoxy groups -OCH3 is 1. The Morgan fingerprint density at radius 1 is 1.32 bits per heavy atom. The molecule has 0 fully saturated rings. The van der Waals surface area contributed by atoms with Crippen LogP contribution >= 0.6 is 0 Å². The van der Waals surface area contributed by atoms with E-state index >= 15 is 0 Å². The highest BCUT2D eigenvalue weighted by Crippen LogP contribution is 2.17. The first kappa shape index (κ1) is 13.1. The van der Waals surface area contributed by atoms with Crippen LogP contribution in [0.5, 0.6) is 0 Å². The zero-order chi connectivity index (χ0) is 13.9. The van der Waals surface area contributed by atoms with E-state index in [0.717, 1.165) is 4.68 Å². The number of imidazole rings is 1. The van der Waals surface area contributed by atoms with Crippen molar-refractivity contribution in [1.82, 2.24) is 9.66 Å². The molecule has 7 nitrogen and oxygen atoms in total. The van der Waals surface area contributed by atoms with Crippen LogP contribution in [0.1, 0.15) is 0 Å². The normalized spacial score (nSPS) is 11.0. The van der Waals surface area contributed by atoms with Crippen molar-refractivity contribution in [2.24, 2.45) is 0 Å². The first-order valence-electron chi connectivity index (χ1n) is 5.24. The first-order valence-corrected chi connectivity index (χ1v) is 6.72. The van der Waals surface area contributed by atoms with Crippen molar-refractivity contribution in [1.29, 1.82) is 0 Å². The number of sulfone groups is 1. The molecule has 0 unspecified atom stereocenters. The summed E-state index contributed by atoms with van der Waals surface area (Å²) in [5.74, 6) is 0. The third-order valence-electron chi connectivity index (χ3n) is 2.30. The average molecular weight is 281 g/mol. The van der Waals surface area contributed by atoms with Crippen molar-refractivity contribution in [3.05, 3.63) is 42.7 Å². The summed E-state index contributed by atoms with van der Waals surface area (Å²) in [5, 5.41) is -0.288. The number of benzene rings is 1. The van der Waals surface area contributed by atoms with Gasteiger partial charge in [0.1, 0.15) is 0 Å². The smallest absolute Gasteiger partial charge is 0.426 e. The van der Waals surface area contributed by atoms with E-state index in [1.807, 2.05) is 0 Å². The Kier molecular flexibility index (Phi) is 3.52. The number of ether oxygens (including phenoxy) is 1. The maximum atomic E-state index is 12.3. The quantitative estimate of drug-likeness (QED) is 0.907. The highest BCUT2D eigenvalue weighted by atomic mass is 32.2. The molecule has 0 aliphatic carbocycles. The lowest BCUT2D eigenvalue weighted by molar-refractivity contribution is 0.183. The molecular weight excluding hydrogens is 270 g/mol. The number of carbonyl (C=O) groups is 1. The molecule has 2 aromatic rings. The Bertz CT molecular complexity index is 679. The molecule has 0 saturated heterocycles. The van der Waals surface area contributed by atoms with Crippen molar-refractivity contribution < 1.29 is 17.9 Å². The van der Waals surface area contributed by atoms with Crippen molar-refractivity contribution in [2.75, 3.05) is 12.5 Å². The van der Waals surface area contributed by atoms with Gasteiger partial charge in [0.2, 0.25) is 9.84 Å². The number of aromatic nitrogens is 2. The summed E-state index contributed by atoms with van der Waals surface area (Å²) in [5.41, 5.74) is 2.23. The van der Waals surface area contributed by atoms with E-state index in [-0.39, 0.29) is 10.1 Å². The molecular formula is C11H11N3O4S. The predicted molar refractivity (Wildman–Crippen MR) is 65.9 cm³/mol. The van der Waals surface area contributed by atoms with Crippen LogP contribution in [-0.4, -0.2) is 31.3 Å². The van der Waals surface area contributed by atoms with Gasteiger partial charge in [0, 0.05) is 12.4 Å². The summed E-state index contributed by atoms with van der Waals surface area (Å²) < 4.78 is 30.0. The van der Waals surface area contributed by atoms with Gasteiger partial charge in [-0.3, -0.25) is 0 Å². The Hall–Kier alpha value is -2.35. The van der Waals surface area contributed by atoms with Crippen LogP contribution in [0.3, 0.4) is 0 Å². The van der Waals surface area contributed by atoms with E-state index < -0.39 is 15.9 Å². The van der Waals surface area contributed by atoms with E-state index in [2.05, 4.69) is 15.1 Å². The monoisotopic (exact) mass is 281 g/mol. The van der Waals surface area contributed by atoms with Gasteiger partial charge in [-0.15, -0.1) is 0 Å². The highest BCUT2D eigenvalue weighted by Gasteiger charge is 2.23. The summed E-state index contributed by atoms with van der Waals surface area (Å²) in [6.45, 7) is 0. The summed E-state index contributed by atoms with van der Waals surface area (Å²) >= 11 is 0. The molecule has 1 aromatic heterocycles. The Labute approximate surface area is 109 Å². The third kappa shape index (κ3) is 2.58. The maximum absolute atomic E-state index is 12.3. The molecule has 0 atom stereocenters. The fraction of sp³-hybridized carbons (Fsp3) is 0.0909. The molecule has 100 valence electrons. The van der Waals surface area contributed by atoms with Crippen LogP contribution in [-0.2, 0) is 14.6 Å². The lowest BCUT2D eigenvalue weighted by atomic mass is 10.4. The minimum Gasteiger partial charge on any atom is -0.452 e. The molecule has 0 aliphatic rings.